The van der Waals surface area contributed by atoms with Gasteiger partial charge in [0.2, 0.25) is 0 Å². The summed E-state index contributed by atoms with van der Waals surface area (Å²) in [5, 5.41) is 4.35. The van der Waals surface area contributed by atoms with Crippen molar-refractivity contribution in [2.45, 2.75) is 19.9 Å². The van der Waals surface area contributed by atoms with Gasteiger partial charge in [0, 0.05) is 17.8 Å². The van der Waals surface area contributed by atoms with Gasteiger partial charge in [-0.15, -0.1) is 0 Å². The van der Waals surface area contributed by atoms with Gasteiger partial charge in [0.25, 0.3) is 0 Å². The van der Waals surface area contributed by atoms with Crippen molar-refractivity contribution >= 4 is 6.29 Å². The minimum absolute atomic E-state index is 0.240. The topological polar surface area (TPSA) is 48.0 Å². The Morgan fingerprint density at radius 3 is 2.87 bits per heavy atom. The van der Waals surface area contributed by atoms with Crippen LogP contribution in [-0.2, 0) is 0 Å². The standard InChI is InChI=1S/C11H12N2O2/c1-8(2)13-5-10(6-14)11(12-13)9-3-4-15-7-9/h3-8H,1-2H3. The van der Waals surface area contributed by atoms with Crippen molar-refractivity contribution in [3.8, 4) is 11.3 Å². The second-order valence-electron chi connectivity index (χ2n) is 3.64. The third-order valence-electron chi connectivity index (χ3n) is 2.21. The molecule has 2 aromatic rings. The first kappa shape index (κ1) is 9.71. The van der Waals surface area contributed by atoms with Gasteiger partial charge < -0.3 is 4.42 Å². The molecule has 2 heterocycles. The Morgan fingerprint density at radius 1 is 1.53 bits per heavy atom. The first-order valence-electron chi connectivity index (χ1n) is 4.79. The van der Waals surface area contributed by atoms with E-state index in [2.05, 4.69) is 5.10 Å². The highest BCUT2D eigenvalue weighted by atomic mass is 16.3. The molecule has 2 rings (SSSR count). The summed E-state index contributed by atoms with van der Waals surface area (Å²) in [6, 6.07) is 2.03. The molecule has 0 saturated heterocycles. The molecule has 0 atom stereocenters. The number of aldehydes is 1. The quantitative estimate of drug-likeness (QED) is 0.722. The van der Waals surface area contributed by atoms with Gasteiger partial charge in [0.1, 0.15) is 5.69 Å². The largest absolute Gasteiger partial charge is 0.472 e. The van der Waals surface area contributed by atoms with Crippen LogP contribution in [0.25, 0.3) is 11.3 Å². The second kappa shape index (κ2) is 3.73. The first-order valence-corrected chi connectivity index (χ1v) is 4.79. The van der Waals surface area contributed by atoms with Gasteiger partial charge in [-0.05, 0) is 19.9 Å². The number of aromatic nitrogens is 2. The van der Waals surface area contributed by atoms with Crippen LogP contribution in [0.2, 0.25) is 0 Å². The van der Waals surface area contributed by atoms with Crippen LogP contribution in [0, 0.1) is 0 Å². The molecule has 15 heavy (non-hydrogen) atoms. The van der Waals surface area contributed by atoms with Crippen molar-refractivity contribution in [3.05, 3.63) is 30.4 Å². The molecule has 0 aliphatic rings. The van der Waals surface area contributed by atoms with Crippen LogP contribution < -0.4 is 0 Å². The van der Waals surface area contributed by atoms with Crippen LogP contribution >= 0.6 is 0 Å². The lowest BCUT2D eigenvalue weighted by Gasteiger charge is -2.02. The maximum absolute atomic E-state index is 10.9. The van der Waals surface area contributed by atoms with E-state index < -0.39 is 0 Å². The van der Waals surface area contributed by atoms with Gasteiger partial charge in [0.05, 0.1) is 18.1 Å². The maximum Gasteiger partial charge on any atom is 0.153 e. The molecular weight excluding hydrogens is 192 g/mol. The Bertz CT molecular complexity index is 455. The summed E-state index contributed by atoms with van der Waals surface area (Å²) in [4.78, 5) is 10.9. The predicted molar refractivity (Wildman–Crippen MR) is 55.7 cm³/mol. The maximum atomic E-state index is 10.9. The highest BCUT2D eigenvalue weighted by molar-refractivity contribution is 5.85. The molecule has 0 N–H and O–H groups in total. The molecule has 0 aromatic carbocycles. The Labute approximate surface area is 87.5 Å². The average Bonchev–Trinajstić information content (AvgIpc) is 2.86. The van der Waals surface area contributed by atoms with Gasteiger partial charge in [-0.3, -0.25) is 9.48 Å². The third kappa shape index (κ3) is 1.70. The molecular formula is C11H12N2O2. The minimum atomic E-state index is 0.240. The fourth-order valence-corrected chi connectivity index (χ4v) is 1.38. The van der Waals surface area contributed by atoms with Gasteiger partial charge in [-0.2, -0.15) is 5.10 Å². The number of nitrogens with zero attached hydrogens (tertiary/aromatic N) is 2. The molecule has 0 aliphatic carbocycles. The molecule has 0 fully saturated rings. The summed E-state index contributed by atoms with van der Waals surface area (Å²) in [5.41, 5.74) is 2.09. The zero-order valence-corrected chi connectivity index (χ0v) is 8.68. The van der Waals surface area contributed by atoms with Crippen LogP contribution in [0.15, 0.2) is 29.2 Å². The summed E-state index contributed by atoms with van der Waals surface area (Å²) in [7, 11) is 0. The lowest BCUT2D eigenvalue weighted by atomic mass is 10.2. The highest BCUT2D eigenvalue weighted by Crippen LogP contribution is 2.22. The molecule has 78 valence electrons. The van der Waals surface area contributed by atoms with Gasteiger partial charge >= 0.3 is 0 Å². The van der Waals surface area contributed by atoms with Crippen molar-refractivity contribution in [1.82, 2.24) is 9.78 Å². The van der Waals surface area contributed by atoms with Gasteiger partial charge in [-0.1, -0.05) is 0 Å². The third-order valence-corrected chi connectivity index (χ3v) is 2.21. The zero-order valence-electron chi connectivity index (χ0n) is 8.68. The lowest BCUT2D eigenvalue weighted by Crippen LogP contribution is -2.00. The molecule has 0 aliphatic heterocycles. The molecule has 0 spiro atoms. The van der Waals surface area contributed by atoms with E-state index in [-0.39, 0.29) is 6.04 Å². The smallest absolute Gasteiger partial charge is 0.153 e. The molecule has 0 bridgehead atoms. The fourth-order valence-electron chi connectivity index (χ4n) is 1.38. The van der Waals surface area contributed by atoms with Crippen LogP contribution in [0.5, 0.6) is 0 Å². The number of rotatable bonds is 3. The number of hydrogen-bond donors (Lipinski definition) is 0. The molecule has 4 heteroatoms. The Kier molecular flexibility index (Phi) is 2.41. The Hall–Kier alpha value is -1.84. The van der Waals surface area contributed by atoms with Crippen molar-refractivity contribution in [2.24, 2.45) is 0 Å². The second-order valence-corrected chi connectivity index (χ2v) is 3.64. The monoisotopic (exact) mass is 204 g/mol. The molecule has 0 unspecified atom stereocenters. The van der Waals surface area contributed by atoms with Crippen molar-refractivity contribution in [2.75, 3.05) is 0 Å². The number of carbonyl (C=O) groups is 1. The van der Waals surface area contributed by atoms with E-state index in [1.165, 1.54) is 0 Å². The molecule has 2 aromatic heterocycles. The minimum Gasteiger partial charge on any atom is -0.472 e. The van der Waals surface area contributed by atoms with E-state index >= 15 is 0 Å². The van der Waals surface area contributed by atoms with E-state index in [4.69, 9.17) is 4.42 Å². The zero-order chi connectivity index (χ0) is 10.8. The number of hydrogen-bond acceptors (Lipinski definition) is 3. The van der Waals surface area contributed by atoms with Crippen molar-refractivity contribution < 1.29 is 9.21 Å². The number of carbonyl (C=O) groups excluding carboxylic acids is 1. The van der Waals surface area contributed by atoms with Gasteiger partial charge in [0.15, 0.2) is 6.29 Å². The summed E-state index contributed by atoms with van der Waals surface area (Å²) in [6.45, 7) is 4.03. The molecule has 0 amide bonds. The summed E-state index contributed by atoms with van der Waals surface area (Å²) < 4.78 is 6.74. The normalized spacial score (nSPS) is 10.9. The number of furan rings is 1. The van der Waals surface area contributed by atoms with E-state index in [9.17, 15) is 4.79 Å². The van der Waals surface area contributed by atoms with E-state index in [0.717, 1.165) is 11.8 Å². The van der Waals surface area contributed by atoms with E-state index in [0.29, 0.717) is 11.3 Å². The van der Waals surface area contributed by atoms with Crippen LogP contribution in [0.3, 0.4) is 0 Å². The van der Waals surface area contributed by atoms with E-state index in [1.54, 1.807) is 29.5 Å². The predicted octanol–water partition coefficient (Wildman–Crippen LogP) is 2.54. The fraction of sp³-hybridized carbons (Fsp3) is 0.273. The Balaban J connectivity index is 2.51. The van der Waals surface area contributed by atoms with E-state index in [1.807, 2.05) is 13.8 Å². The summed E-state index contributed by atoms with van der Waals surface area (Å²) in [6.07, 6.45) is 5.71. The average molecular weight is 204 g/mol. The Morgan fingerprint density at radius 2 is 2.33 bits per heavy atom. The van der Waals surface area contributed by atoms with Crippen LogP contribution in [0.1, 0.15) is 30.2 Å². The summed E-state index contributed by atoms with van der Waals surface area (Å²) in [5.74, 6) is 0. The van der Waals surface area contributed by atoms with Crippen molar-refractivity contribution in [3.63, 3.8) is 0 Å². The van der Waals surface area contributed by atoms with Gasteiger partial charge in [-0.25, -0.2) is 0 Å². The molecule has 0 radical (unpaired) electrons. The molecule has 0 saturated carbocycles. The molecule has 4 nitrogen and oxygen atoms in total. The first-order chi connectivity index (χ1) is 7.22. The highest BCUT2D eigenvalue weighted by Gasteiger charge is 2.12. The van der Waals surface area contributed by atoms with Crippen LogP contribution in [-0.4, -0.2) is 16.1 Å². The van der Waals surface area contributed by atoms with Crippen molar-refractivity contribution in [1.29, 1.82) is 0 Å². The van der Waals surface area contributed by atoms with Crippen LogP contribution in [0.4, 0.5) is 0 Å². The summed E-state index contributed by atoms with van der Waals surface area (Å²) >= 11 is 0. The SMILES string of the molecule is CC(C)n1cc(C=O)c(-c2ccoc2)n1. The lowest BCUT2D eigenvalue weighted by molar-refractivity contribution is 0.112.